The van der Waals surface area contributed by atoms with E-state index >= 15 is 0 Å². The average molecular weight is 244 g/mol. The van der Waals surface area contributed by atoms with Gasteiger partial charge in [-0.3, -0.25) is 4.90 Å². The molecular formula is C13H28N2O2. The zero-order valence-electron chi connectivity index (χ0n) is 10.3. The minimum atomic E-state index is 0. The first-order valence-electron chi connectivity index (χ1n) is 6.49. The van der Waals surface area contributed by atoms with Crippen LogP contribution in [0.25, 0.3) is 0 Å². The monoisotopic (exact) mass is 244 g/mol. The highest BCUT2D eigenvalue weighted by molar-refractivity contribution is 4.85. The third-order valence-corrected chi connectivity index (χ3v) is 4.10. The maximum Gasteiger partial charge on any atom is 0.0575 e. The molecule has 1 N–H and O–H groups in total. The van der Waals surface area contributed by atoms with E-state index < -0.39 is 0 Å². The van der Waals surface area contributed by atoms with Gasteiger partial charge in [-0.2, -0.15) is 5.06 Å². The summed E-state index contributed by atoms with van der Waals surface area (Å²) in [5.41, 5.74) is 0. The molecule has 1 saturated heterocycles. The van der Waals surface area contributed by atoms with Crippen LogP contribution in [-0.4, -0.2) is 61.0 Å². The molecule has 0 aromatic rings. The molecule has 4 heteroatoms. The van der Waals surface area contributed by atoms with Crippen LogP contribution in [0.3, 0.4) is 0 Å². The molecule has 0 amide bonds. The summed E-state index contributed by atoms with van der Waals surface area (Å²) in [5, 5.41) is 11.4. The molecule has 0 aromatic carbocycles. The van der Waals surface area contributed by atoms with Crippen LogP contribution in [0, 0.1) is 5.92 Å². The Kier molecular flexibility index (Phi) is 6.41. The molecule has 2 aliphatic rings. The Hall–Kier alpha value is -0.160. The van der Waals surface area contributed by atoms with Gasteiger partial charge in [-0.25, -0.2) is 0 Å². The van der Waals surface area contributed by atoms with Gasteiger partial charge >= 0.3 is 0 Å². The summed E-state index contributed by atoms with van der Waals surface area (Å²) in [6, 6.07) is 0.609. The first-order chi connectivity index (χ1) is 7.85. The fourth-order valence-electron chi connectivity index (χ4n) is 3.10. The first-order valence-corrected chi connectivity index (χ1v) is 6.49. The summed E-state index contributed by atoms with van der Waals surface area (Å²) >= 11 is 0. The van der Waals surface area contributed by atoms with E-state index in [0.717, 1.165) is 26.2 Å². The van der Waals surface area contributed by atoms with Crippen molar-refractivity contribution >= 4 is 0 Å². The van der Waals surface area contributed by atoms with Crippen LogP contribution >= 0.6 is 0 Å². The maximum absolute atomic E-state index is 9.43. The Balaban J connectivity index is 0.00000144. The standard InChI is InChI=1S/C12H24N2O2.CH4/c1-16-14-8-6-13(7-9-14)12-5-3-2-4-11(12)10-15;/h11-12,15H,2-10H2,1H3;1H4. The number of piperazine rings is 1. The van der Waals surface area contributed by atoms with E-state index in [1.54, 1.807) is 7.11 Å². The van der Waals surface area contributed by atoms with Gasteiger partial charge in [-0.1, -0.05) is 20.3 Å². The molecule has 1 saturated carbocycles. The van der Waals surface area contributed by atoms with Crippen molar-refractivity contribution in [1.82, 2.24) is 9.96 Å². The largest absolute Gasteiger partial charge is 0.396 e. The second kappa shape index (κ2) is 7.31. The minimum Gasteiger partial charge on any atom is -0.396 e. The number of aliphatic hydroxyl groups is 1. The van der Waals surface area contributed by atoms with Crippen molar-refractivity contribution in [2.75, 3.05) is 39.9 Å². The van der Waals surface area contributed by atoms with E-state index in [4.69, 9.17) is 4.84 Å². The van der Waals surface area contributed by atoms with Gasteiger partial charge in [0, 0.05) is 38.8 Å². The summed E-state index contributed by atoms with van der Waals surface area (Å²) in [6.07, 6.45) is 5.08. The van der Waals surface area contributed by atoms with Crippen molar-refractivity contribution in [3.63, 3.8) is 0 Å². The van der Waals surface area contributed by atoms with Gasteiger partial charge in [0.05, 0.1) is 7.11 Å². The second-order valence-corrected chi connectivity index (χ2v) is 4.94. The van der Waals surface area contributed by atoms with Crippen molar-refractivity contribution < 1.29 is 9.94 Å². The van der Waals surface area contributed by atoms with Gasteiger partial charge in [0.15, 0.2) is 0 Å². The molecule has 4 nitrogen and oxygen atoms in total. The number of rotatable bonds is 3. The van der Waals surface area contributed by atoms with E-state index in [2.05, 4.69) is 4.90 Å². The zero-order chi connectivity index (χ0) is 11.4. The van der Waals surface area contributed by atoms with Crippen LogP contribution in [0.4, 0.5) is 0 Å². The molecule has 102 valence electrons. The van der Waals surface area contributed by atoms with E-state index in [1.807, 2.05) is 5.06 Å². The molecule has 2 unspecified atom stereocenters. The first kappa shape index (κ1) is 14.9. The Morgan fingerprint density at radius 1 is 1.12 bits per heavy atom. The molecule has 1 aliphatic heterocycles. The summed E-state index contributed by atoms with van der Waals surface area (Å²) < 4.78 is 0. The summed E-state index contributed by atoms with van der Waals surface area (Å²) in [6.45, 7) is 4.50. The second-order valence-electron chi connectivity index (χ2n) is 4.94. The number of hydrogen-bond acceptors (Lipinski definition) is 4. The Labute approximate surface area is 105 Å². The van der Waals surface area contributed by atoms with E-state index in [9.17, 15) is 5.11 Å². The summed E-state index contributed by atoms with van der Waals surface area (Å²) in [7, 11) is 1.74. The molecule has 2 atom stereocenters. The fourth-order valence-corrected chi connectivity index (χ4v) is 3.10. The fraction of sp³-hybridized carbons (Fsp3) is 1.00. The van der Waals surface area contributed by atoms with Gasteiger partial charge in [-0.15, -0.1) is 0 Å². The lowest BCUT2D eigenvalue weighted by Gasteiger charge is -2.43. The Bertz CT molecular complexity index is 206. The topological polar surface area (TPSA) is 35.9 Å². The molecule has 0 bridgehead atoms. The van der Waals surface area contributed by atoms with Crippen molar-refractivity contribution in [3.8, 4) is 0 Å². The van der Waals surface area contributed by atoms with Gasteiger partial charge in [0.1, 0.15) is 0 Å². The summed E-state index contributed by atoms with van der Waals surface area (Å²) in [5.74, 6) is 0.503. The zero-order valence-corrected chi connectivity index (χ0v) is 10.3. The van der Waals surface area contributed by atoms with Crippen LogP contribution in [0.15, 0.2) is 0 Å². The smallest absolute Gasteiger partial charge is 0.0575 e. The molecule has 2 fully saturated rings. The molecule has 1 heterocycles. The predicted octanol–water partition coefficient (Wildman–Crippen LogP) is 1.35. The number of aliphatic hydroxyl groups excluding tert-OH is 1. The van der Waals surface area contributed by atoms with Gasteiger partial charge < -0.3 is 9.94 Å². The highest BCUT2D eigenvalue weighted by Gasteiger charge is 2.31. The third kappa shape index (κ3) is 3.65. The van der Waals surface area contributed by atoms with E-state index in [1.165, 1.54) is 25.7 Å². The normalized spacial score (nSPS) is 32.1. The Morgan fingerprint density at radius 2 is 1.76 bits per heavy atom. The van der Waals surface area contributed by atoms with Crippen LogP contribution in [0.1, 0.15) is 33.1 Å². The van der Waals surface area contributed by atoms with Gasteiger partial charge in [-0.05, 0) is 18.8 Å². The van der Waals surface area contributed by atoms with Crippen molar-refractivity contribution in [2.24, 2.45) is 5.92 Å². The predicted molar refractivity (Wildman–Crippen MR) is 69.7 cm³/mol. The third-order valence-electron chi connectivity index (χ3n) is 4.10. The van der Waals surface area contributed by atoms with Crippen LogP contribution in [-0.2, 0) is 4.84 Å². The SMILES string of the molecule is C.CON1CCN(C2CCCCC2CO)CC1. The van der Waals surface area contributed by atoms with Gasteiger partial charge in [0.2, 0.25) is 0 Å². The van der Waals surface area contributed by atoms with Crippen molar-refractivity contribution in [3.05, 3.63) is 0 Å². The average Bonchev–Trinajstić information content (AvgIpc) is 2.39. The number of hydroxylamine groups is 2. The number of nitrogens with zero attached hydrogens (tertiary/aromatic N) is 2. The van der Waals surface area contributed by atoms with E-state index in [0.29, 0.717) is 18.6 Å². The molecule has 1 aliphatic carbocycles. The minimum absolute atomic E-state index is 0. The number of hydrogen-bond donors (Lipinski definition) is 1. The van der Waals surface area contributed by atoms with Gasteiger partial charge in [0.25, 0.3) is 0 Å². The quantitative estimate of drug-likeness (QED) is 0.813. The summed E-state index contributed by atoms with van der Waals surface area (Å²) in [4.78, 5) is 7.79. The van der Waals surface area contributed by atoms with Crippen LogP contribution < -0.4 is 0 Å². The van der Waals surface area contributed by atoms with Crippen LogP contribution in [0.2, 0.25) is 0 Å². The molecular weight excluding hydrogens is 216 g/mol. The maximum atomic E-state index is 9.43. The van der Waals surface area contributed by atoms with E-state index in [-0.39, 0.29) is 7.43 Å². The van der Waals surface area contributed by atoms with Crippen molar-refractivity contribution in [1.29, 1.82) is 0 Å². The lowest BCUT2D eigenvalue weighted by Crippen LogP contribution is -2.53. The van der Waals surface area contributed by atoms with Crippen molar-refractivity contribution in [2.45, 2.75) is 39.2 Å². The highest BCUT2D eigenvalue weighted by Crippen LogP contribution is 2.28. The molecule has 2 rings (SSSR count). The molecule has 17 heavy (non-hydrogen) atoms. The lowest BCUT2D eigenvalue weighted by molar-refractivity contribution is -0.158. The molecule has 0 radical (unpaired) electrons. The Morgan fingerprint density at radius 3 is 2.35 bits per heavy atom. The lowest BCUT2D eigenvalue weighted by atomic mass is 9.84. The molecule has 0 spiro atoms. The highest BCUT2D eigenvalue weighted by atomic mass is 16.7. The van der Waals surface area contributed by atoms with Crippen LogP contribution in [0.5, 0.6) is 0 Å². The molecule has 0 aromatic heterocycles.